The number of hydrogen-bond donors (Lipinski definition) is 3. The van der Waals surface area contributed by atoms with Gasteiger partial charge in [0, 0.05) is 23.3 Å². The first-order valence-corrected chi connectivity index (χ1v) is 10.4. The maximum absolute atomic E-state index is 12.9. The van der Waals surface area contributed by atoms with Crippen LogP contribution in [0, 0.1) is 10.1 Å². The molecule has 0 radical (unpaired) electrons. The summed E-state index contributed by atoms with van der Waals surface area (Å²) < 4.78 is 10.2. The van der Waals surface area contributed by atoms with Gasteiger partial charge in [-0.15, -0.1) is 0 Å². The Balaban J connectivity index is 1.85. The average molecular weight is 490 g/mol. The van der Waals surface area contributed by atoms with Gasteiger partial charge in [0.15, 0.2) is 11.5 Å². The van der Waals surface area contributed by atoms with Crippen molar-refractivity contribution in [1.82, 2.24) is 10.7 Å². The molecule has 184 valence electrons. The summed E-state index contributed by atoms with van der Waals surface area (Å²) >= 11 is 0. The molecular weight excluding hydrogens is 468 g/mol. The van der Waals surface area contributed by atoms with Crippen LogP contribution in [0.1, 0.15) is 21.5 Å². The second kappa shape index (κ2) is 11.8. The molecule has 0 heterocycles. The number of hydrogen-bond acceptors (Lipinski definition) is 8. The van der Waals surface area contributed by atoms with Crippen LogP contribution in [-0.2, 0) is 4.79 Å². The van der Waals surface area contributed by atoms with Crippen LogP contribution in [0.15, 0.2) is 77.5 Å². The molecule has 3 rings (SSSR count). The number of phenols is 1. The lowest BCUT2D eigenvalue weighted by Gasteiger charge is -2.10. The van der Waals surface area contributed by atoms with Gasteiger partial charge in [0.05, 0.1) is 25.4 Å². The third kappa shape index (κ3) is 6.44. The fourth-order valence-corrected chi connectivity index (χ4v) is 3.02. The standard InChI is InChI=1S/C25H22N4O7/c1-35-21-13-17(14-22(36-2)23(21)30)15-26-28-25(32)20(27-24(31)18-6-4-3-5-7-18)12-16-8-10-19(11-9-16)29(33)34/h3-15,30H,1-2H3,(H,27,31)(H,28,32)/b20-12+,26-15?. The first-order valence-electron chi connectivity index (χ1n) is 10.4. The van der Waals surface area contributed by atoms with Crippen LogP contribution in [0.25, 0.3) is 6.08 Å². The maximum Gasteiger partial charge on any atom is 0.287 e. The Labute approximate surface area is 205 Å². The zero-order chi connectivity index (χ0) is 26.1. The van der Waals surface area contributed by atoms with E-state index >= 15 is 0 Å². The average Bonchev–Trinajstić information content (AvgIpc) is 2.89. The minimum absolute atomic E-state index is 0.115. The number of aromatic hydroxyl groups is 1. The first kappa shape index (κ1) is 25.4. The lowest BCUT2D eigenvalue weighted by Crippen LogP contribution is -2.32. The molecule has 0 aromatic heterocycles. The van der Waals surface area contributed by atoms with Crippen molar-refractivity contribution in [2.24, 2.45) is 5.10 Å². The van der Waals surface area contributed by atoms with Gasteiger partial charge >= 0.3 is 0 Å². The molecule has 0 fully saturated rings. The number of nitro benzene ring substituents is 1. The predicted octanol–water partition coefficient (Wildman–Crippen LogP) is 3.24. The fraction of sp³-hybridized carbons (Fsp3) is 0.0800. The van der Waals surface area contributed by atoms with Crippen molar-refractivity contribution in [1.29, 1.82) is 0 Å². The minimum atomic E-state index is -0.744. The van der Waals surface area contributed by atoms with Crippen LogP contribution in [-0.4, -0.2) is 42.3 Å². The molecule has 11 heteroatoms. The van der Waals surface area contributed by atoms with E-state index in [1.165, 1.54) is 62.9 Å². The number of non-ortho nitro benzene ring substituents is 1. The van der Waals surface area contributed by atoms with Crippen molar-refractivity contribution in [2.45, 2.75) is 0 Å². The van der Waals surface area contributed by atoms with Crippen molar-refractivity contribution < 1.29 is 29.1 Å². The molecule has 11 nitrogen and oxygen atoms in total. The van der Waals surface area contributed by atoms with E-state index in [9.17, 15) is 24.8 Å². The number of methoxy groups -OCH3 is 2. The number of amides is 2. The van der Waals surface area contributed by atoms with E-state index in [0.29, 0.717) is 16.7 Å². The number of nitrogens with one attached hydrogen (secondary N) is 2. The Morgan fingerprint density at radius 2 is 1.58 bits per heavy atom. The van der Waals surface area contributed by atoms with Crippen LogP contribution >= 0.6 is 0 Å². The predicted molar refractivity (Wildman–Crippen MR) is 132 cm³/mol. The molecular formula is C25H22N4O7. The number of carbonyl (C=O) groups excluding carboxylic acids is 2. The number of rotatable bonds is 9. The molecule has 0 saturated carbocycles. The molecule has 0 atom stereocenters. The number of benzene rings is 3. The lowest BCUT2D eigenvalue weighted by atomic mass is 10.1. The molecule has 3 N–H and O–H groups in total. The van der Waals surface area contributed by atoms with Crippen molar-refractivity contribution in [3.63, 3.8) is 0 Å². The van der Waals surface area contributed by atoms with Crippen LogP contribution < -0.4 is 20.2 Å². The highest BCUT2D eigenvalue weighted by Gasteiger charge is 2.15. The summed E-state index contributed by atoms with van der Waals surface area (Å²) in [6.45, 7) is 0. The van der Waals surface area contributed by atoms with Gasteiger partial charge in [0.25, 0.3) is 17.5 Å². The van der Waals surface area contributed by atoms with Gasteiger partial charge in [-0.3, -0.25) is 19.7 Å². The topological polar surface area (TPSA) is 152 Å². The Morgan fingerprint density at radius 3 is 2.14 bits per heavy atom. The maximum atomic E-state index is 12.9. The highest BCUT2D eigenvalue weighted by Crippen LogP contribution is 2.36. The minimum Gasteiger partial charge on any atom is -0.502 e. The smallest absolute Gasteiger partial charge is 0.287 e. The van der Waals surface area contributed by atoms with Gasteiger partial charge in [-0.1, -0.05) is 18.2 Å². The largest absolute Gasteiger partial charge is 0.502 e. The molecule has 0 unspecified atom stereocenters. The van der Waals surface area contributed by atoms with Crippen LogP contribution in [0.5, 0.6) is 17.2 Å². The van der Waals surface area contributed by atoms with E-state index in [2.05, 4.69) is 15.8 Å². The molecule has 0 aliphatic rings. The van der Waals surface area contributed by atoms with E-state index in [-0.39, 0.29) is 28.6 Å². The Kier molecular flexibility index (Phi) is 8.33. The van der Waals surface area contributed by atoms with E-state index in [0.717, 1.165) is 0 Å². The summed E-state index contributed by atoms with van der Waals surface area (Å²) in [5, 5.41) is 27.4. The SMILES string of the molecule is COc1cc(C=NNC(=O)/C(=C\c2ccc([N+](=O)[O-])cc2)NC(=O)c2ccccc2)cc(OC)c1O. The Hall–Kier alpha value is -5.19. The highest BCUT2D eigenvalue weighted by molar-refractivity contribution is 6.05. The number of carbonyl (C=O) groups is 2. The summed E-state index contributed by atoms with van der Waals surface area (Å²) in [6, 6.07) is 16.7. The summed E-state index contributed by atoms with van der Waals surface area (Å²) in [7, 11) is 2.75. The zero-order valence-corrected chi connectivity index (χ0v) is 19.3. The van der Waals surface area contributed by atoms with Gasteiger partial charge in [-0.2, -0.15) is 5.10 Å². The van der Waals surface area contributed by atoms with Crippen molar-refractivity contribution >= 4 is 29.8 Å². The Morgan fingerprint density at radius 1 is 0.972 bits per heavy atom. The quantitative estimate of drug-likeness (QED) is 0.180. The number of hydrazone groups is 1. The number of nitrogens with zero attached hydrogens (tertiary/aromatic N) is 2. The van der Waals surface area contributed by atoms with Gasteiger partial charge < -0.3 is 19.9 Å². The van der Waals surface area contributed by atoms with Gasteiger partial charge in [0.1, 0.15) is 5.70 Å². The molecule has 36 heavy (non-hydrogen) atoms. The van der Waals surface area contributed by atoms with Crippen LogP contribution in [0.3, 0.4) is 0 Å². The van der Waals surface area contributed by atoms with Gasteiger partial charge in [0.2, 0.25) is 5.75 Å². The molecule has 0 aliphatic heterocycles. The second-order valence-corrected chi connectivity index (χ2v) is 7.20. The summed E-state index contributed by atoms with van der Waals surface area (Å²) in [5.74, 6) is -1.16. The zero-order valence-electron chi connectivity index (χ0n) is 19.3. The number of ether oxygens (including phenoxy) is 2. The van der Waals surface area contributed by atoms with E-state index in [4.69, 9.17) is 9.47 Å². The van der Waals surface area contributed by atoms with Crippen molar-refractivity contribution in [3.8, 4) is 17.2 Å². The molecule has 3 aromatic rings. The fourth-order valence-electron chi connectivity index (χ4n) is 3.02. The number of phenolic OH excluding ortho intramolecular Hbond substituents is 1. The second-order valence-electron chi connectivity index (χ2n) is 7.20. The number of nitro groups is 1. The van der Waals surface area contributed by atoms with Gasteiger partial charge in [-0.05, 0) is 48.0 Å². The third-order valence-electron chi connectivity index (χ3n) is 4.83. The molecule has 0 bridgehead atoms. The van der Waals surface area contributed by atoms with Gasteiger partial charge in [-0.25, -0.2) is 5.43 Å². The first-order chi connectivity index (χ1) is 17.3. The van der Waals surface area contributed by atoms with Crippen molar-refractivity contribution in [3.05, 3.63) is 99.2 Å². The lowest BCUT2D eigenvalue weighted by molar-refractivity contribution is -0.384. The van der Waals surface area contributed by atoms with Crippen LogP contribution in [0.2, 0.25) is 0 Å². The van der Waals surface area contributed by atoms with E-state index in [1.54, 1.807) is 30.3 Å². The van der Waals surface area contributed by atoms with E-state index in [1.807, 2.05) is 0 Å². The molecule has 3 aromatic carbocycles. The molecule has 0 saturated heterocycles. The highest BCUT2D eigenvalue weighted by atomic mass is 16.6. The summed E-state index contributed by atoms with van der Waals surface area (Å²) in [5.41, 5.74) is 3.29. The Bertz CT molecular complexity index is 1290. The monoisotopic (exact) mass is 490 g/mol. The van der Waals surface area contributed by atoms with Crippen LogP contribution in [0.4, 0.5) is 5.69 Å². The van der Waals surface area contributed by atoms with Crippen molar-refractivity contribution in [2.75, 3.05) is 14.2 Å². The molecule has 0 spiro atoms. The van der Waals surface area contributed by atoms with E-state index < -0.39 is 16.7 Å². The summed E-state index contributed by atoms with van der Waals surface area (Å²) in [4.78, 5) is 35.9. The third-order valence-corrected chi connectivity index (χ3v) is 4.83. The molecule has 2 amide bonds. The molecule has 0 aliphatic carbocycles. The normalized spacial score (nSPS) is 11.1. The summed E-state index contributed by atoms with van der Waals surface area (Å²) in [6.07, 6.45) is 2.66.